The Hall–Kier alpha value is 0.450. The van der Waals surface area contributed by atoms with E-state index in [2.05, 4.69) is 52.8 Å². The average molecular weight is 366 g/mol. The lowest BCUT2D eigenvalue weighted by Crippen LogP contribution is -1.92. The van der Waals surface area contributed by atoms with Gasteiger partial charge in [0.2, 0.25) is 0 Å². The molecule has 0 fully saturated rings. The molecule has 0 spiro atoms. The summed E-state index contributed by atoms with van der Waals surface area (Å²) in [4.78, 5) is 3.72. The number of hydrogen-bond acceptors (Lipinski definition) is 1. The van der Waals surface area contributed by atoms with Crippen molar-refractivity contribution >= 4 is 47.8 Å². The van der Waals surface area contributed by atoms with Crippen molar-refractivity contribution in [2.45, 2.75) is 6.43 Å². The summed E-state index contributed by atoms with van der Waals surface area (Å²) >= 11 is 9.06. The highest BCUT2D eigenvalue weighted by atomic mass is 79.9. The monoisotopic (exact) mass is 363 g/mol. The highest BCUT2D eigenvalue weighted by Gasteiger charge is 2.18. The third-order valence-electron chi connectivity index (χ3n) is 1.18. The Labute approximate surface area is 92.9 Å². The Morgan fingerprint density at radius 3 is 2.25 bits per heavy atom. The third kappa shape index (κ3) is 2.03. The van der Waals surface area contributed by atoms with Crippen molar-refractivity contribution in [2.24, 2.45) is 0 Å². The molecule has 0 radical (unpaired) electrons. The molecule has 0 aromatic carbocycles. The predicted molar refractivity (Wildman–Crippen MR) is 52.3 cm³/mol. The highest BCUT2D eigenvalue weighted by Crippen LogP contribution is 2.36. The summed E-state index contributed by atoms with van der Waals surface area (Å²) in [5.74, 6) is 0. The van der Waals surface area contributed by atoms with E-state index in [-0.39, 0.29) is 10.2 Å². The number of hydrogen-bond donors (Lipinski definition) is 0. The molecular weight excluding hydrogens is 364 g/mol. The van der Waals surface area contributed by atoms with Crippen LogP contribution in [0.3, 0.4) is 0 Å². The molecule has 0 aliphatic heterocycles. The fraction of sp³-hybridized carbons (Fsp3) is 0.167. The Morgan fingerprint density at radius 2 is 1.83 bits per heavy atom. The molecule has 66 valence electrons. The van der Waals surface area contributed by atoms with E-state index < -0.39 is 6.43 Å². The fourth-order valence-corrected chi connectivity index (χ4v) is 2.16. The van der Waals surface area contributed by atoms with Gasteiger partial charge in [0.25, 0.3) is 6.43 Å². The van der Waals surface area contributed by atoms with E-state index in [0.717, 1.165) is 0 Å². The molecule has 0 aliphatic rings. The molecule has 1 rings (SSSR count). The molecular formula is C6H2Br3F2N. The van der Waals surface area contributed by atoms with Crippen molar-refractivity contribution in [3.05, 3.63) is 25.3 Å². The second-order valence-corrected chi connectivity index (χ2v) is 4.32. The van der Waals surface area contributed by atoms with Crippen LogP contribution in [0.4, 0.5) is 8.78 Å². The van der Waals surface area contributed by atoms with Crippen LogP contribution >= 0.6 is 47.8 Å². The van der Waals surface area contributed by atoms with Crippen LogP contribution in [0.1, 0.15) is 12.0 Å². The van der Waals surface area contributed by atoms with Gasteiger partial charge >= 0.3 is 0 Å². The molecule has 0 N–H and O–H groups in total. The van der Waals surface area contributed by atoms with Gasteiger partial charge < -0.3 is 0 Å². The number of alkyl halides is 2. The predicted octanol–water partition coefficient (Wildman–Crippen LogP) is 4.31. The molecule has 0 amide bonds. The number of nitrogens with zero attached hydrogens (tertiary/aromatic N) is 1. The quantitative estimate of drug-likeness (QED) is 0.676. The molecule has 6 heteroatoms. The minimum atomic E-state index is -2.54. The van der Waals surface area contributed by atoms with Gasteiger partial charge in [-0.15, -0.1) is 0 Å². The van der Waals surface area contributed by atoms with Crippen LogP contribution in [0, 0.1) is 0 Å². The van der Waals surface area contributed by atoms with Crippen molar-refractivity contribution in [3.63, 3.8) is 0 Å². The summed E-state index contributed by atoms with van der Waals surface area (Å²) in [6.07, 6.45) is -1.10. The topological polar surface area (TPSA) is 12.9 Å². The summed E-state index contributed by atoms with van der Waals surface area (Å²) in [6.45, 7) is 0. The maximum Gasteiger partial charge on any atom is 0.267 e. The van der Waals surface area contributed by atoms with Crippen molar-refractivity contribution < 1.29 is 8.78 Å². The van der Waals surface area contributed by atoms with Crippen LogP contribution in [0.15, 0.2) is 19.7 Å². The van der Waals surface area contributed by atoms with Crippen molar-refractivity contribution in [3.8, 4) is 0 Å². The van der Waals surface area contributed by atoms with Crippen LogP contribution in [0.25, 0.3) is 0 Å². The van der Waals surface area contributed by atoms with E-state index >= 15 is 0 Å². The summed E-state index contributed by atoms with van der Waals surface area (Å²) in [5.41, 5.74) is -0.135. The van der Waals surface area contributed by atoms with E-state index in [1.54, 1.807) is 0 Å². The van der Waals surface area contributed by atoms with Crippen molar-refractivity contribution in [1.29, 1.82) is 0 Å². The first-order chi connectivity index (χ1) is 5.54. The van der Waals surface area contributed by atoms with Gasteiger partial charge in [0, 0.05) is 10.7 Å². The zero-order chi connectivity index (χ0) is 9.30. The Balaban J connectivity index is 3.33. The maximum atomic E-state index is 12.3. The van der Waals surface area contributed by atoms with Gasteiger partial charge in [0.05, 0.1) is 10.0 Å². The molecule has 1 aromatic rings. The zero-order valence-electron chi connectivity index (χ0n) is 5.49. The molecule has 0 bridgehead atoms. The molecule has 0 saturated carbocycles. The van der Waals surface area contributed by atoms with Crippen LogP contribution < -0.4 is 0 Å². The molecule has 12 heavy (non-hydrogen) atoms. The van der Waals surface area contributed by atoms with E-state index in [1.165, 1.54) is 6.20 Å². The first kappa shape index (κ1) is 10.5. The van der Waals surface area contributed by atoms with Gasteiger partial charge in [-0.2, -0.15) is 0 Å². The number of halogens is 5. The largest absolute Gasteiger partial charge is 0.267 e. The summed E-state index contributed by atoms with van der Waals surface area (Å²) in [7, 11) is 0. The second kappa shape index (κ2) is 4.11. The van der Waals surface area contributed by atoms with Gasteiger partial charge in [-0.25, -0.2) is 13.8 Å². The maximum absolute atomic E-state index is 12.3. The molecule has 0 aliphatic carbocycles. The van der Waals surface area contributed by atoms with Gasteiger partial charge in [-0.1, -0.05) is 0 Å². The van der Waals surface area contributed by atoms with Crippen LogP contribution in [0.2, 0.25) is 0 Å². The normalized spacial score (nSPS) is 10.8. The first-order valence-corrected chi connectivity index (χ1v) is 5.19. The first-order valence-electron chi connectivity index (χ1n) is 2.81. The van der Waals surface area contributed by atoms with Gasteiger partial charge in [-0.3, -0.25) is 0 Å². The lowest BCUT2D eigenvalue weighted by molar-refractivity contribution is 0.149. The molecule has 0 unspecified atom stereocenters. The lowest BCUT2D eigenvalue weighted by atomic mass is 10.3. The van der Waals surface area contributed by atoms with Gasteiger partial charge in [0.1, 0.15) is 4.60 Å². The van der Waals surface area contributed by atoms with Crippen LogP contribution in [-0.4, -0.2) is 4.98 Å². The third-order valence-corrected chi connectivity index (χ3v) is 3.80. The summed E-state index contributed by atoms with van der Waals surface area (Å²) in [5, 5.41) is 0. The highest BCUT2D eigenvalue weighted by molar-refractivity contribution is 9.13. The van der Waals surface area contributed by atoms with E-state index in [9.17, 15) is 8.78 Å². The number of pyridine rings is 1. The van der Waals surface area contributed by atoms with Crippen LogP contribution in [0.5, 0.6) is 0 Å². The molecule has 1 nitrogen and oxygen atoms in total. The van der Waals surface area contributed by atoms with Crippen molar-refractivity contribution in [1.82, 2.24) is 4.98 Å². The minimum Gasteiger partial charge on any atom is -0.248 e. The van der Waals surface area contributed by atoms with Gasteiger partial charge in [0.15, 0.2) is 0 Å². The second-order valence-electron chi connectivity index (χ2n) is 1.93. The Bertz CT molecular complexity index is 303. The van der Waals surface area contributed by atoms with E-state index in [1.807, 2.05) is 0 Å². The average Bonchev–Trinajstić information content (AvgIpc) is 1.97. The standard InChI is InChI=1S/C6H2Br3F2N/c7-2-1-12-5(9)3(4(2)8)6(10)11/h1,6H. The zero-order valence-corrected chi connectivity index (χ0v) is 10.2. The number of aromatic nitrogens is 1. The summed E-state index contributed by atoms with van der Waals surface area (Å²) in [6, 6.07) is 0. The Kier molecular flexibility index (Phi) is 3.60. The smallest absolute Gasteiger partial charge is 0.248 e. The molecule has 0 saturated heterocycles. The van der Waals surface area contributed by atoms with E-state index in [0.29, 0.717) is 8.95 Å². The minimum absolute atomic E-state index is 0.135. The summed E-state index contributed by atoms with van der Waals surface area (Å²) < 4.78 is 25.7. The Morgan fingerprint density at radius 1 is 1.25 bits per heavy atom. The lowest BCUT2D eigenvalue weighted by Gasteiger charge is -2.05. The van der Waals surface area contributed by atoms with Crippen molar-refractivity contribution in [2.75, 3.05) is 0 Å². The fourth-order valence-electron chi connectivity index (χ4n) is 0.645. The van der Waals surface area contributed by atoms with E-state index in [4.69, 9.17) is 0 Å². The molecule has 0 atom stereocenters. The SMILES string of the molecule is FC(F)c1c(Br)ncc(Br)c1Br. The molecule has 1 heterocycles. The molecule has 1 aromatic heterocycles. The van der Waals surface area contributed by atoms with Crippen LogP contribution in [-0.2, 0) is 0 Å². The number of rotatable bonds is 1. The van der Waals surface area contributed by atoms with Gasteiger partial charge in [-0.05, 0) is 47.8 Å².